The molecule has 0 aromatic carbocycles. The topological polar surface area (TPSA) is 57.3 Å². The lowest BCUT2D eigenvalue weighted by Gasteiger charge is -2.15. The fourth-order valence-electron chi connectivity index (χ4n) is 2.36. The summed E-state index contributed by atoms with van der Waals surface area (Å²) in [6, 6.07) is 3.59. The second kappa shape index (κ2) is 6.52. The van der Waals surface area contributed by atoms with Crippen LogP contribution in [-0.4, -0.2) is 49.0 Å². The zero-order chi connectivity index (χ0) is 13.7. The van der Waals surface area contributed by atoms with Crippen molar-refractivity contribution in [2.24, 2.45) is 0 Å². The number of amides is 1. The minimum absolute atomic E-state index is 0.0267. The van der Waals surface area contributed by atoms with Gasteiger partial charge in [-0.3, -0.25) is 4.79 Å². The van der Waals surface area contributed by atoms with E-state index in [0.717, 1.165) is 31.1 Å². The largest absolute Gasteiger partial charge is 0.373 e. The molecule has 1 aromatic rings. The standard InChI is InChI=1S/C14H22N4O/c1-11-9-12(10-13(15-2)17-11)14(19)16-5-8-18-6-3-4-7-18/h9-10H,3-8H2,1-2H3,(H,15,17)(H,16,19). The van der Waals surface area contributed by atoms with Crippen LogP contribution in [0.4, 0.5) is 5.82 Å². The third-order valence-corrected chi connectivity index (χ3v) is 3.38. The number of carbonyl (C=O) groups is 1. The Morgan fingerprint density at radius 2 is 2.11 bits per heavy atom. The average molecular weight is 262 g/mol. The summed E-state index contributed by atoms with van der Waals surface area (Å²) in [7, 11) is 1.80. The number of anilines is 1. The second-order valence-corrected chi connectivity index (χ2v) is 4.94. The van der Waals surface area contributed by atoms with E-state index in [1.807, 2.05) is 13.0 Å². The highest BCUT2D eigenvalue weighted by Gasteiger charge is 2.12. The zero-order valence-corrected chi connectivity index (χ0v) is 11.7. The first-order valence-corrected chi connectivity index (χ1v) is 6.86. The van der Waals surface area contributed by atoms with Gasteiger partial charge in [-0.25, -0.2) is 4.98 Å². The number of pyridine rings is 1. The van der Waals surface area contributed by atoms with Crippen LogP contribution in [0.25, 0.3) is 0 Å². The van der Waals surface area contributed by atoms with E-state index in [2.05, 4.69) is 20.5 Å². The Morgan fingerprint density at radius 3 is 2.79 bits per heavy atom. The first kappa shape index (κ1) is 13.8. The maximum absolute atomic E-state index is 12.1. The molecule has 1 fully saturated rings. The number of hydrogen-bond acceptors (Lipinski definition) is 4. The van der Waals surface area contributed by atoms with Crippen molar-refractivity contribution < 1.29 is 4.79 Å². The average Bonchev–Trinajstić information content (AvgIpc) is 2.91. The van der Waals surface area contributed by atoms with Crippen molar-refractivity contribution in [3.63, 3.8) is 0 Å². The quantitative estimate of drug-likeness (QED) is 0.838. The van der Waals surface area contributed by atoms with E-state index in [4.69, 9.17) is 0 Å². The molecule has 2 heterocycles. The van der Waals surface area contributed by atoms with Gasteiger partial charge in [-0.15, -0.1) is 0 Å². The summed E-state index contributed by atoms with van der Waals surface area (Å²) in [5.41, 5.74) is 1.51. The van der Waals surface area contributed by atoms with Crippen LogP contribution >= 0.6 is 0 Å². The van der Waals surface area contributed by atoms with Crippen LogP contribution in [0.5, 0.6) is 0 Å². The Hall–Kier alpha value is -1.62. The highest BCUT2D eigenvalue weighted by Crippen LogP contribution is 2.09. The highest BCUT2D eigenvalue weighted by atomic mass is 16.1. The molecule has 104 valence electrons. The van der Waals surface area contributed by atoms with Crippen molar-refractivity contribution in [3.8, 4) is 0 Å². The van der Waals surface area contributed by atoms with Gasteiger partial charge in [0, 0.05) is 31.4 Å². The van der Waals surface area contributed by atoms with E-state index >= 15 is 0 Å². The summed E-state index contributed by atoms with van der Waals surface area (Å²) < 4.78 is 0. The fraction of sp³-hybridized carbons (Fsp3) is 0.571. The van der Waals surface area contributed by atoms with Crippen molar-refractivity contribution in [1.29, 1.82) is 0 Å². The number of likely N-dealkylation sites (tertiary alicyclic amines) is 1. The van der Waals surface area contributed by atoms with Crippen LogP contribution in [0, 0.1) is 6.92 Å². The van der Waals surface area contributed by atoms with E-state index < -0.39 is 0 Å². The molecule has 0 spiro atoms. The predicted molar refractivity (Wildman–Crippen MR) is 76.5 cm³/mol. The highest BCUT2D eigenvalue weighted by molar-refractivity contribution is 5.94. The maximum atomic E-state index is 12.1. The number of aromatic nitrogens is 1. The molecule has 1 aliphatic rings. The Kier molecular flexibility index (Phi) is 4.74. The summed E-state index contributed by atoms with van der Waals surface area (Å²) in [6.45, 7) is 5.86. The molecule has 0 bridgehead atoms. The van der Waals surface area contributed by atoms with Crippen LogP contribution in [0.3, 0.4) is 0 Å². The minimum atomic E-state index is -0.0267. The van der Waals surface area contributed by atoms with Crippen LogP contribution in [-0.2, 0) is 0 Å². The van der Waals surface area contributed by atoms with Crippen molar-refractivity contribution in [2.45, 2.75) is 19.8 Å². The van der Waals surface area contributed by atoms with Gasteiger partial charge in [0.1, 0.15) is 5.82 Å². The van der Waals surface area contributed by atoms with E-state index in [0.29, 0.717) is 12.1 Å². The van der Waals surface area contributed by atoms with Gasteiger partial charge in [-0.2, -0.15) is 0 Å². The fourth-order valence-corrected chi connectivity index (χ4v) is 2.36. The molecule has 0 aliphatic carbocycles. The predicted octanol–water partition coefficient (Wildman–Crippen LogP) is 1.26. The van der Waals surface area contributed by atoms with Crippen molar-refractivity contribution in [1.82, 2.24) is 15.2 Å². The molecule has 0 radical (unpaired) electrons. The van der Waals surface area contributed by atoms with E-state index in [-0.39, 0.29) is 5.91 Å². The first-order valence-electron chi connectivity index (χ1n) is 6.86. The SMILES string of the molecule is CNc1cc(C(=O)NCCN2CCCC2)cc(C)n1. The molecule has 1 aliphatic heterocycles. The van der Waals surface area contributed by atoms with Gasteiger partial charge in [0.25, 0.3) is 5.91 Å². The van der Waals surface area contributed by atoms with Crippen LogP contribution in [0.2, 0.25) is 0 Å². The molecule has 1 aromatic heterocycles. The molecular weight excluding hydrogens is 240 g/mol. The molecule has 19 heavy (non-hydrogen) atoms. The third kappa shape index (κ3) is 3.92. The monoisotopic (exact) mass is 262 g/mol. The third-order valence-electron chi connectivity index (χ3n) is 3.38. The van der Waals surface area contributed by atoms with Gasteiger partial charge in [-0.05, 0) is 45.0 Å². The molecule has 0 saturated carbocycles. The summed E-state index contributed by atoms with van der Waals surface area (Å²) >= 11 is 0. The van der Waals surface area contributed by atoms with Crippen LogP contribution < -0.4 is 10.6 Å². The van der Waals surface area contributed by atoms with Gasteiger partial charge < -0.3 is 15.5 Å². The molecule has 0 unspecified atom stereocenters. The molecule has 2 N–H and O–H groups in total. The summed E-state index contributed by atoms with van der Waals surface area (Å²) in [5, 5.41) is 5.93. The number of aryl methyl sites for hydroxylation is 1. The van der Waals surface area contributed by atoms with Crippen LogP contribution in [0.1, 0.15) is 28.9 Å². The van der Waals surface area contributed by atoms with Gasteiger partial charge in [0.2, 0.25) is 0 Å². The number of nitrogens with one attached hydrogen (secondary N) is 2. The van der Waals surface area contributed by atoms with E-state index in [9.17, 15) is 4.79 Å². The number of hydrogen-bond donors (Lipinski definition) is 2. The van der Waals surface area contributed by atoms with Crippen molar-refractivity contribution in [2.75, 3.05) is 38.5 Å². The number of nitrogens with zero attached hydrogens (tertiary/aromatic N) is 2. The van der Waals surface area contributed by atoms with Crippen molar-refractivity contribution in [3.05, 3.63) is 23.4 Å². The van der Waals surface area contributed by atoms with E-state index in [1.165, 1.54) is 12.8 Å². The molecule has 5 nitrogen and oxygen atoms in total. The summed E-state index contributed by atoms with van der Waals surface area (Å²) in [5.74, 6) is 0.700. The Balaban J connectivity index is 1.86. The summed E-state index contributed by atoms with van der Waals surface area (Å²) in [6.07, 6.45) is 2.56. The van der Waals surface area contributed by atoms with Gasteiger partial charge >= 0.3 is 0 Å². The second-order valence-electron chi connectivity index (χ2n) is 4.94. The lowest BCUT2D eigenvalue weighted by atomic mass is 10.2. The molecule has 0 atom stereocenters. The van der Waals surface area contributed by atoms with Gasteiger partial charge in [-0.1, -0.05) is 0 Å². The minimum Gasteiger partial charge on any atom is -0.373 e. The Morgan fingerprint density at radius 1 is 1.37 bits per heavy atom. The maximum Gasteiger partial charge on any atom is 0.251 e. The van der Waals surface area contributed by atoms with Gasteiger partial charge in [0.05, 0.1) is 0 Å². The smallest absolute Gasteiger partial charge is 0.251 e. The zero-order valence-electron chi connectivity index (χ0n) is 11.7. The first-order chi connectivity index (χ1) is 9.19. The number of rotatable bonds is 5. The lowest BCUT2D eigenvalue weighted by molar-refractivity contribution is 0.0949. The van der Waals surface area contributed by atoms with Crippen LogP contribution in [0.15, 0.2) is 12.1 Å². The van der Waals surface area contributed by atoms with Crippen molar-refractivity contribution >= 4 is 11.7 Å². The van der Waals surface area contributed by atoms with Gasteiger partial charge in [0.15, 0.2) is 0 Å². The molecule has 1 saturated heterocycles. The lowest BCUT2D eigenvalue weighted by Crippen LogP contribution is -2.33. The summed E-state index contributed by atoms with van der Waals surface area (Å²) in [4.78, 5) is 18.7. The molecular formula is C14H22N4O. The molecule has 5 heteroatoms. The Bertz CT molecular complexity index is 441. The molecule has 1 amide bonds. The Labute approximate surface area is 114 Å². The number of carbonyl (C=O) groups excluding carboxylic acids is 1. The normalized spacial score (nSPS) is 15.5. The van der Waals surface area contributed by atoms with E-state index in [1.54, 1.807) is 13.1 Å². The molecule has 2 rings (SSSR count).